The first kappa shape index (κ1) is 9.70. The number of primary amides is 1. The molecule has 64 valence electrons. The molecule has 2 amide bonds. The summed E-state index contributed by atoms with van der Waals surface area (Å²) in [5, 5.41) is 18.7. The molecule has 0 spiro atoms. The molecule has 5 N–H and O–H groups in total. The maximum atomic E-state index is 10.2. The van der Waals surface area contributed by atoms with Crippen molar-refractivity contribution in [2.75, 3.05) is 6.61 Å². The molecule has 0 aliphatic rings. The molecule has 0 aliphatic heterocycles. The fourth-order valence-electron chi connectivity index (χ4n) is 0.558. The molecule has 0 heterocycles. The quantitative estimate of drug-likeness (QED) is 0.402. The number of carbonyl (C=O) groups is 2. The van der Waals surface area contributed by atoms with Crippen LogP contribution in [0.15, 0.2) is 0 Å². The Labute approximate surface area is 63.0 Å². The van der Waals surface area contributed by atoms with Crippen LogP contribution in [0.4, 0.5) is 4.79 Å². The van der Waals surface area contributed by atoms with E-state index in [2.05, 4.69) is 5.73 Å². The van der Waals surface area contributed by atoms with Crippen molar-refractivity contribution < 1.29 is 19.8 Å². The minimum atomic E-state index is -1.21. The van der Waals surface area contributed by atoms with E-state index in [1.165, 1.54) is 0 Å². The van der Waals surface area contributed by atoms with Crippen molar-refractivity contribution in [1.29, 1.82) is 0 Å². The van der Waals surface area contributed by atoms with E-state index in [0.29, 0.717) is 0 Å². The zero-order valence-electron chi connectivity index (χ0n) is 5.78. The number of hydrogen-bond donors (Lipinski definition) is 4. The number of rotatable bonds is 4. The van der Waals surface area contributed by atoms with Crippen LogP contribution in [-0.2, 0) is 4.79 Å². The van der Waals surface area contributed by atoms with E-state index in [4.69, 9.17) is 10.2 Å². The van der Waals surface area contributed by atoms with Gasteiger partial charge in [0.25, 0.3) is 0 Å². The number of hydrogen-bond acceptors (Lipinski definition) is 3. The monoisotopic (exact) mass is 162 g/mol. The average molecular weight is 162 g/mol. The van der Waals surface area contributed by atoms with Crippen molar-refractivity contribution in [2.45, 2.75) is 12.5 Å². The van der Waals surface area contributed by atoms with Gasteiger partial charge in [-0.1, -0.05) is 0 Å². The summed E-state index contributed by atoms with van der Waals surface area (Å²) in [5.74, 6) is -1.21. The van der Waals surface area contributed by atoms with Crippen LogP contribution in [0.5, 0.6) is 0 Å². The summed E-state index contributed by atoms with van der Waals surface area (Å²) in [7, 11) is 0. The second kappa shape index (κ2) is 4.51. The molecule has 0 saturated heterocycles. The highest BCUT2D eigenvalue weighted by Gasteiger charge is 2.17. The number of urea groups is 1. The number of aliphatic hydroxyl groups excluding tert-OH is 1. The second-order valence-electron chi connectivity index (χ2n) is 1.91. The molecule has 11 heavy (non-hydrogen) atoms. The summed E-state index contributed by atoms with van der Waals surface area (Å²) in [6, 6.07) is -2.01. The summed E-state index contributed by atoms with van der Waals surface area (Å²) < 4.78 is 0. The van der Waals surface area contributed by atoms with Crippen molar-refractivity contribution in [1.82, 2.24) is 5.32 Å². The second-order valence-corrected chi connectivity index (χ2v) is 1.91. The summed E-state index contributed by atoms with van der Waals surface area (Å²) in [6.07, 6.45) is -0.0434. The van der Waals surface area contributed by atoms with Crippen LogP contribution < -0.4 is 11.1 Å². The lowest BCUT2D eigenvalue weighted by atomic mass is 10.2. The maximum Gasteiger partial charge on any atom is 0.326 e. The Morgan fingerprint density at radius 3 is 2.36 bits per heavy atom. The van der Waals surface area contributed by atoms with Gasteiger partial charge < -0.3 is 21.3 Å². The molecule has 0 aromatic carbocycles. The lowest BCUT2D eigenvalue weighted by Gasteiger charge is -2.09. The first-order valence-electron chi connectivity index (χ1n) is 2.97. The first-order valence-corrected chi connectivity index (χ1v) is 2.97. The van der Waals surface area contributed by atoms with Gasteiger partial charge in [-0.3, -0.25) is 0 Å². The Bertz CT molecular complexity index is 159. The molecule has 0 radical (unpaired) electrons. The normalized spacial score (nSPS) is 12.1. The number of carboxylic acid groups (broad SMARTS) is 1. The number of amides is 2. The van der Waals surface area contributed by atoms with Gasteiger partial charge in [0.1, 0.15) is 6.04 Å². The van der Waals surface area contributed by atoms with Crippen LogP contribution in [0.3, 0.4) is 0 Å². The smallest absolute Gasteiger partial charge is 0.326 e. The molecule has 6 nitrogen and oxygen atoms in total. The minimum Gasteiger partial charge on any atom is -0.480 e. The van der Waals surface area contributed by atoms with Gasteiger partial charge in [0.05, 0.1) is 0 Å². The lowest BCUT2D eigenvalue weighted by molar-refractivity contribution is -0.139. The molecule has 1 atom stereocenters. The first-order chi connectivity index (χ1) is 5.07. The van der Waals surface area contributed by atoms with Gasteiger partial charge in [0, 0.05) is 13.0 Å². The third-order valence-corrected chi connectivity index (χ3v) is 1.03. The van der Waals surface area contributed by atoms with E-state index in [1.54, 1.807) is 0 Å². The van der Waals surface area contributed by atoms with Crippen LogP contribution in [-0.4, -0.2) is 34.9 Å². The average Bonchev–Trinajstić information content (AvgIpc) is 1.86. The van der Waals surface area contributed by atoms with Crippen molar-refractivity contribution in [3.63, 3.8) is 0 Å². The van der Waals surface area contributed by atoms with Crippen molar-refractivity contribution in [2.24, 2.45) is 5.73 Å². The van der Waals surface area contributed by atoms with Gasteiger partial charge in [-0.05, 0) is 0 Å². The molecule has 0 fully saturated rings. The Balaban J connectivity index is 3.89. The van der Waals surface area contributed by atoms with Gasteiger partial charge in [-0.15, -0.1) is 0 Å². The Kier molecular flexibility index (Phi) is 3.97. The molecular formula is C5H10N2O4. The van der Waals surface area contributed by atoms with Crippen molar-refractivity contribution in [3.05, 3.63) is 0 Å². The summed E-state index contributed by atoms with van der Waals surface area (Å²) >= 11 is 0. The Morgan fingerprint density at radius 1 is 1.55 bits per heavy atom. The van der Waals surface area contributed by atoms with Gasteiger partial charge in [-0.25, -0.2) is 9.59 Å². The summed E-state index contributed by atoms with van der Waals surface area (Å²) in [6.45, 7) is -0.308. The van der Waals surface area contributed by atoms with Gasteiger partial charge in [0.2, 0.25) is 0 Å². The van der Waals surface area contributed by atoms with Crippen LogP contribution in [0.1, 0.15) is 6.42 Å². The summed E-state index contributed by atoms with van der Waals surface area (Å²) in [4.78, 5) is 20.4. The zero-order chi connectivity index (χ0) is 8.85. The largest absolute Gasteiger partial charge is 0.480 e. The van der Waals surface area contributed by atoms with Crippen LogP contribution in [0, 0.1) is 0 Å². The molecule has 0 rings (SSSR count). The van der Waals surface area contributed by atoms with Crippen LogP contribution in [0.2, 0.25) is 0 Å². The third kappa shape index (κ3) is 4.15. The molecule has 0 aromatic rings. The van der Waals surface area contributed by atoms with Crippen molar-refractivity contribution in [3.8, 4) is 0 Å². The highest BCUT2D eigenvalue weighted by Crippen LogP contribution is 1.89. The van der Waals surface area contributed by atoms with E-state index in [9.17, 15) is 9.59 Å². The number of aliphatic hydroxyl groups is 1. The molecule has 6 heteroatoms. The minimum absolute atomic E-state index is 0.0434. The number of nitrogens with one attached hydrogen (secondary N) is 1. The molecule has 1 unspecified atom stereocenters. The third-order valence-electron chi connectivity index (χ3n) is 1.03. The number of carbonyl (C=O) groups excluding carboxylic acids is 1. The standard InChI is InChI=1S/C5H10N2O4/c6-5(11)7-3(1-2-8)4(9)10/h3,8H,1-2H2,(H,9,10)(H3,6,7,11). The van der Waals surface area contributed by atoms with E-state index in [-0.39, 0.29) is 13.0 Å². The molecular weight excluding hydrogens is 152 g/mol. The fourth-order valence-corrected chi connectivity index (χ4v) is 0.558. The van der Waals surface area contributed by atoms with E-state index in [1.807, 2.05) is 5.32 Å². The maximum absolute atomic E-state index is 10.2. The number of carboxylic acids is 1. The Hall–Kier alpha value is -1.30. The molecule has 0 bridgehead atoms. The van der Waals surface area contributed by atoms with Gasteiger partial charge in [0.15, 0.2) is 0 Å². The molecule has 0 aliphatic carbocycles. The van der Waals surface area contributed by atoms with E-state index >= 15 is 0 Å². The lowest BCUT2D eigenvalue weighted by Crippen LogP contribution is -2.44. The fraction of sp³-hybridized carbons (Fsp3) is 0.600. The molecule has 0 saturated carbocycles. The predicted molar refractivity (Wildman–Crippen MR) is 35.8 cm³/mol. The highest BCUT2D eigenvalue weighted by atomic mass is 16.4. The van der Waals surface area contributed by atoms with Gasteiger partial charge in [-0.2, -0.15) is 0 Å². The zero-order valence-corrected chi connectivity index (χ0v) is 5.78. The van der Waals surface area contributed by atoms with Crippen LogP contribution in [0.25, 0.3) is 0 Å². The topological polar surface area (TPSA) is 113 Å². The number of aliphatic carboxylic acids is 1. The van der Waals surface area contributed by atoms with Crippen molar-refractivity contribution >= 4 is 12.0 Å². The van der Waals surface area contributed by atoms with E-state index < -0.39 is 18.0 Å². The Morgan fingerprint density at radius 2 is 2.09 bits per heavy atom. The van der Waals surface area contributed by atoms with Gasteiger partial charge >= 0.3 is 12.0 Å². The van der Waals surface area contributed by atoms with Crippen LogP contribution >= 0.6 is 0 Å². The SMILES string of the molecule is NC(=O)NC(CCO)C(=O)O. The number of nitrogens with two attached hydrogens (primary N) is 1. The molecule has 0 aromatic heterocycles. The summed E-state index contributed by atoms with van der Waals surface area (Å²) in [5.41, 5.74) is 4.67. The van der Waals surface area contributed by atoms with E-state index in [0.717, 1.165) is 0 Å². The highest BCUT2D eigenvalue weighted by molar-refractivity contribution is 5.81. The predicted octanol–water partition coefficient (Wildman–Crippen LogP) is -1.51.